The van der Waals surface area contributed by atoms with Crippen LogP contribution in [0.1, 0.15) is 39.6 Å². The van der Waals surface area contributed by atoms with Crippen molar-refractivity contribution in [2.24, 2.45) is 17.6 Å². The van der Waals surface area contributed by atoms with E-state index in [-0.39, 0.29) is 6.04 Å². The van der Waals surface area contributed by atoms with E-state index < -0.39 is 0 Å². The minimum absolute atomic E-state index is 0.0174. The normalized spacial score (nSPS) is 13.9. The highest BCUT2D eigenvalue weighted by Crippen LogP contribution is 2.16. The first-order valence-electron chi connectivity index (χ1n) is 5.15. The molecule has 0 spiro atoms. The van der Waals surface area contributed by atoms with Gasteiger partial charge in [-0.25, -0.2) is 0 Å². The van der Waals surface area contributed by atoms with Crippen LogP contribution in [0.2, 0.25) is 0 Å². The Bertz CT molecular complexity index is 277. The lowest BCUT2D eigenvalue weighted by atomic mass is 10.0. The second-order valence-corrected chi connectivity index (χ2v) is 4.51. The second-order valence-electron chi connectivity index (χ2n) is 4.51. The smallest absolute Gasteiger partial charge is 0.150 e. The summed E-state index contributed by atoms with van der Waals surface area (Å²) >= 11 is 0. The number of nitrogens with zero attached hydrogens (tertiary/aromatic N) is 3. The average Bonchev–Trinajstić information content (AvgIpc) is 2.49. The van der Waals surface area contributed by atoms with Gasteiger partial charge in [0.25, 0.3) is 0 Å². The van der Waals surface area contributed by atoms with Crippen LogP contribution in [-0.2, 0) is 6.54 Å². The quantitative estimate of drug-likeness (QED) is 0.795. The van der Waals surface area contributed by atoms with Crippen molar-refractivity contribution < 1.29 is 0 Å². The molecule has 0 saturated carbocycles. The van der Waals surface area contributed by atoms with E-state index in [9.17, 15) is 0 Å². The van der Waals surface area contributed by atoms with Crippen LogP contribution < -0.4 is 5.73 Å². The van der Waals surface area contributed by atoms with Crippen LogP contribution in [0.3, 0.4) is 0 Å². The van der Waals surface area contributed by atoms with Gasteiger partial charge in [-0.3, -0.25) is 0 Å². The molecule has 0 saturated heterocycles. The van der Waals surface area contributed by atoms with Crippen molar-refractivity contribution in [3.63, 3.8) is 0 Å². The van der Waals surface area contributed by atoms with Gasteiger partial charge in [-0.15, -0.1) is 10.2 Å². The Kier molecular flexibility index (Phi) is 3.63. The fourth-order valence-electron chi connectivity index (χ4n) is 1.35. The summed E-state index contributed by atoms with van der Waals surface area (Å²) in [5.74, 6) is 1.88. The van der Waals surface area contributed by atoms with Crippen molar-refractivity contribution in [3.8, 4) is 0 Å². The summed E-state index contributed by atoms with van der Waals surface area (Å²) in [6, 6.07) is -0.0174. The van der Waals surface area contributed by atoms with Crippen LogP contribution in [0.5, 0.6) is 0 Å². The Balaban J connectivity index is 2.81. The van der Waals surface area contributed by atoms with Gasteiger partial charge >= 0.3 is 0 Å². The highest BCUT2D eigenvalue weighted by atomic mass is 15.3. The first-order chi connectivity index (χ1) is 6.52. The Morgan fingerprint density at radius 1 is 1.36 bits per heavy atom. The largest absolute Gasteiger partial charge is 0.321 e. The van der Waals surface area contributed by atoms with E-state index in [1.165, 1.54) is 0 Å². The first-order valence-corrected chi connectivity index (χ1v) is 5.15. The molecule has 2 N–H and O–H groups in total. The Hall–Kier alpha value is -0.900. The molecule has 0 bridgehead atoms. The van der Waals surface area contributed by atoms with E-state index in [0.29, 0.717) is 11.8 Å². The molecule has 1 atom stereocenters. The zero-order valence-corrected chi connectivity index (χ0v) is 9.44. The molecule has 0 radical (unpaired) electrons. The molecule has 14 heavy (non-hydrogen) atoms. The molecule has 4 heteroatoms. The van der Waals surface area contributed by atoms with Crippen molar-refractivity contribution in [2.45, 2.75) is 40.3 Å². The first kappa shape index (κ1) is 11.2. The van der Waals surface area contributed by atoms with Gasteiger partial charge in [0.2, 0.25) is 0 Å². The summed E-state index contributed by atoms with van der Waals surface area (Å²) in [7, 11) is 0. The number of hydrogen-bond acceptors (Lipinski definition) is 3. The van der Waals surface area contributed by atoms with E-state index in [1.807, 2.05) is 0 Å². The Morgan fingerprint density at radius 2 is 2.00 bits per heavy atom. The molecular weight excluding hydrogens is 176 g/mol. The second kappa shape index (κ2) is 4.55. The molecular formula is C10H20N4. The van der Waals surface area contributed by atoms with Crippen LogP contribution in [0.4, 0.5) is 0 Å². The maximum absolute atomic E-state index is 6.04. The number of hydrogen-bond donors (Lipinski definition) is 1. The van der Waals surface area contributed by atoms with Crippen molar-refractivity contribution in [1.29, 1.82) is 0 Å². The minimum atomic E-state index is -0.0174. The van der Waals surface area contributed by atoms with Crippen LogP contribution in [0, 0.1) is 11.8 Å². The van der Waals surface area contributed by atoms with E-state index in [1.54, 1.807) is 6.33 Å². The van der Waals surface area contributed by atoms with Crippen LogP contribution in [0.25, 0.3) is 0 Å². The molecule has 4 nitrogen and oxygen atoms in total. The van der Waals surface area contributed by atoms with E-state index >= 15 is 0 Å². The Labute approximate surface area is 85.5 Å². The SMILES string of the molecule is CC(C)Cn1cnnc1[C@H](N)C(C)C. The zero-order chi connectivity index (χ0) is 10.7. The molecule has 0 fully saturated rings. The summed E-state index contributed by atoms with van der Waals surface area (Å²) < 4.78 is 2.05. The molecule has 1 rings (SSSR count). The molecule has 1 aromatic rings. The zero-order valence-electron chi connectivity index (χ0n) is 9.44. The monoisotopic (exact) mass is 196 g/mol. The number of nitrogens with two attached hydrogens (primary N) is 1. The molecule has 0 aromatic carbocycles. The minimum Gasteiger partial charge on any atom is -0.321 e. The molecule has 80 valence electrons. The van der Waals surface area contributed by atoms with Gasteiger partial charge in [0.05, 0.1) is 6.04 Å². The van der Waals surface area contributed by atoms with Gasteiger partial charge in [0.1, 0.15) is 12.2 Å². The van der Waals surface area contributed by atoms with Crippen LogP contribution in [-0.4, -0.2) is 14.8 Å². The van der Waals surface area contributed by atoms with Crippen molar-refractivity contribution >= 4 is 0 Å². The molecule has 0 aliphatic rings. The van der Waals surface area contributed by atoms with Gasteiger partial charge in [-0.1, -0.05) is 27.7 Å². The predicted molar refractivity (Wildman–Crippen MR) is 56.6 cm³/mol. The topological polar surface area (TPSA) is 56.7 Å². The molecule has 1 heterocycles. The average molecular weight is 196 g/mol. The van der Waals surface area contributed by atoms with Gasteiger partial charge in [-0.2, -0.15) is 0 Å². The fourth-order valence-corrected chi connectivity index (χ4v) is 1.35. The standard InChI is InChI=1S/C10H20N4/c1-7(2)5-14-6-12-13-10(14)9(11)8(3)4/h6-9H,5,11H2,1-4H3/t9-/m1/s1. The summed E-state index contributed by atoms with van der Waals surface area (Å²) in [6.07, 6.45) is 1.76. The van der Waals surface area contributed by atoms with E-state index in [4.69, 9.17) is 5.73 Å². The van der Waals surface area contributed by atoms with Crippen LogP contribution in [0.15, 0.2) is 6.33 Å². The lowest BCUT2D eigenvalue weighted by Gasteiger charge is -2.17. The van der Waals surface area contributed by atoms with Gasteiger partial charge in [-0.05, 0) is 11.8 Å². The molecule has 0 aliphatic carbocycles. The van der Waals surface area contributed by atoms with Gasteiger partial charge in [0, 0.05) is 6.54 Å². The summed E-state index contributed by atoms with van der Waals surface area (Å²) in [5, 5.41) is 7.99. The molecule has 0 aliphatic heterocycles. The maximum atomic E-state index is 6.04. The molecule has 1 aromatic heterocycles. The van der Waals surface area contributed by atoms with Gasteiger partial charge < -0.3 is 10.3 Å². The molecule has 0 unspecified atom stereocenters. The third-order valence-corrected chi connectivity index (χ3v) is 2.22. The fraction of sp³-hybridized carbons (Fsp3) is 0.800. The van der Waals surface area contributed by atoms with Crippen molar-refractivity contribution in [2.75, 3.05) is 0 Å². The summed E-state index contributed by atoms with van der Waals surface area (Å²) in [5.41, 5.74) is 6.04. The van der Waals surface area contributed by atoms with Gasteiger partial charge in [0.15, 0.2) is 0 Å². The summed E-state index contributed by atoms with van der Waals surface area (Å²) in [4.78, 5) is 0. The molecule has 0 amide bonds. The highest BCUT2D eigenvalue weighted by molar-refractivity contribution is 4.95. The number of aromatic nitrogens is 3. The Morgan fingerprint density at radius 3 is 2.50 bits per heavy atom. The van der Waals surface area contributed by atoms with Crippen molar-refractivity contribution in [3.05, 3.63) is 12.2 Å². The van der Waals surface area contributed by atoms with Crippen LogP contribution >= 0.6 is 0 Å². The van der Waals surface area contributed by atoms with Crippen molar-refractivity contribution in [1.82, 2.24) is 14.8 Å². The number of rotatable bonds is 4. The van der Waals surface area contributed by atoms with E-state index in [0.717, 1.165) is 12.4 Å². The lowest BCUT2D eigenvalue weighted by molar-refractivity contribution is 0.438. The lowest BCUT2D eigenvalue weighted by Crippen LogP contribution is -2.22. The third-order valence-electron chi connectivity index (χ3n) is 2.22. The van der Waals surface area contributed by atoms with E-state index in [2.05, 4.69) is 42.5 Å². The highest BCUT2D eigenvalue weighted by Gasteiger charge is 2.17. The third kappa shape index (κ3) is 2.54. The summed E-state index contributed by atoms with van der Waals surface area (Å²) in [6.45, 7) is 9.47. The predicted octanol–water partition coefficient (Wildman–Crippen LogP) is 1.59. The maximum Gasteiger partial charge on any atom is 0.150 e.